The van der Waals surface area contributed by atoms with Gasteiger partial charge in [0.2, 0.25) is 0 Å². The average molecular weight is 352 g/mol. The molecule has 0 amide bonds. The van der Waals surface area contributed by atoms with Gasteiger partial charge in [0, 0.05) is 25.1 Å². The first-order chi connectivity index (χ1) is 12.6. The summed E-state index contributed by atoms with van der Waals surface area (Å²) in [5.41, 5.74) is 3.80. The molecule has 1 aliphatic heterocycles. The molecule has 2 N–H and O–H groups in total. The van der Waals surface area contributed by atoms with Crippen LogP contribution in [0.15, 0.2) is 23.8 Å². The maximum atomic E-state index is 12.5. The summed E-state index contributed by atoms with van der Waals surface area (Å²) in [7, 11) is 0. The van der Waals surface area contributed by atoms with Crippen molar-refractivity contribution in [1.29, 1.82) is 5.26 Å². The fourth-order valence-corrected chi connectivity index (χ4v) is 4.63. The van der Waals surface area contributed by atoms with Crippen LogP contribution in [0.4, 0.5) is 0 Å². The van der Waals surface area contributed by atoms with Crippen LogP contribution in [-0.2, 0) is 11.2 Å². The maximum absolute atomic E-state index is 12.5. The van der Waals surface area contributed by atoms with E-state index in [2.05, 4.69) is 11.0 Å². The minimum absolute atomic E-state index is 0.130. The van der Waals surface area contributed by atoms with E-state index in [0.717, 1.165) is 42.8 Å². The SMILES string of the molecule is N#CC1=C(N2CCC3(CCC3)CC2)c2cc(C(O)CO)ccc2CC1=O. The van der Waals surface area contributed by atoms with Crippen LogP contribution < -0.4 is 0 Å². The summed E-state index contributed by atoms with van der Waals surface area (Å²) in [5.74, 6) is -0.130. The fraction of sp³-hybridized carbons (Fsp3) is 0.524. The number of Topliss-reactive ketones (excluding diaryl/α,β-unsaturated/α-hetero) is 1. The average Bonchev–Trinajstić information content (AvgIpc) is 2.64. The number of hydrogen-bond acceptors (Lipinski definition) is 5. The highest BCUT2D eigenvalue weighted by Gasteiger charge is 2.41. The molecule has 0 aromatic heterocycles. The normalized spacial score (nSPS) is 22.7. The van der Waals surface area contributed by atoms with Gasteiger partial charge in [0.15, 0.2) is 5.78 Å². The second kappa shape index (κ2) is 6.53. The Morgan fingerprint density at radius 2 is 1.96 bits per heavy atom. The minimum Gasteiger partial charge on any atom is -0.393 e. The lowest BCUT2D eigenvalue weighted by atomic mass is 9.63. The van der Waals surface area contributed by atoms with Gasteiger partial charge in [0.05, 0.1) is 12.3 Å². The Kier molecular flexibility index (Phi) is 4.34. The monoisotopic (exact) mass is 352 g/mol. The summed E-state index contributed by atoms with van der Waals surface area (Å²) < 4.78 is 0. The number of fused-ring (bicyclic) bond motifs is 1. The first-order valence-corrected chi connectivity index (χ1v) is 9.41. The summed E-state index contributed by atoms with van der Waals surface area (Å²) in [4.78, 5) is 14.7. The van der Waals surface area contributed by atoms with Crippen molar-refractivity contribution in [3.05, 3.63) is 40.5 Å². The fourth-order valence-electron chi connectivity index (χ4n) is 4.63. The smallest absolute Gasteiger partial charge is 0.179 e. The molecule has 136 valence electrons. The Labute approximate surface area is 153 Å². The summed E-state index contributed by atoms with van der Waals surface area (Å²) in [6, 6.07) is 7.56. The number of rotatable bonds is 3. The molecule has 0 radical (unpaired) electrons. The second-order valence-corrected chi connectivity index (χ2v) is 7.89. The zero-order valence-corrected chi connectivity index (χ0v) is 14.9. The third-order valence-electron chi connectivity index (χ3n) is 6.48. The van der Waals surface area contributed by atoms with E-state index in [0.29, 0.717) is 11.0 Å². The van der Waals surface area contributed by atoms with Crippen molar-refractivity contribution in [3.8, 4) is 6.07 Å². The topological polar surface area (TPSA) is 84.6 Å². The summed E-state index contributed by atoms with van der Waals surface area (Å²) in [5, 5.41) is 28.9. The molecule has 5 heteroatoms. The van der Waals surface area contributed by atoms with Crippen LogP contribution in [0.2, 0.25) is 0 Å². The standard InChI is InChI=1S/C21H24N2O3/c22-12-17-18(25)11-14-2-3-15(19(26)13-24)10-16(14)20(17)23-8-6-21(7-9-23)4-1-5-21/h2-3,10,19,24,26H,1,4-9,11,13H2. The predicted octanol–water partition coefficient (Wildman–Crippen LogP) is 2.34. The van der Waals surface area contributed by atoms with Crippen molar-refractivity contribution in [1.82, 2.24) is 4.90 Å². The van der Waals surface area contributed by atoms with Gasteiger partial charge in [-0.25, -0.2) is 0 Å². The highest BCUT2D eigenvalue weighted by atomic mass is 16.3. The van der Waals surface area contributed by atoms with Crippen LogP contribution in [0.5, 0.6) is 0 Å². The van der Waals surface area contributed by atoms with Gasteiger partial charge in [-0.2, -0.15) is 5.26 Å². The van der Waals surface area contributed by atoms with E-state index in [1.54, 1.807) is 6.07 Å². The van der Waals surface area contributed by atoms with E-state index in [4.69, 9.17) is 0 Å². The molecule has 2 aliphatic carbocycles. The molecular weight excluding hydrogens is 328 g/mol. The van der Waals surface area contributed by atoms with Crippen molar-refractivity contribution in [2.24, 2.45) is 5.41 Å². The Bertz CT molecular complexity index is 807. The van der Waals surface area contributed by atoms with Crippen molar-refractivity contribution in [3.63, 3.8) is 0 Å². The molecule has 1 aromatic rings. The van der Waals surface area contributed by atoms with Gasteiger partial charge in [-0.15, -0.1) is 0 Å². The number of likely N-dealkylation sites (tertiary alicyclic amines) is 1. The second-order valence-electron chi connectivity index (χ2n) is 7.89. The van der Waals surface area contributed by atoms with E-state index >= 15 is 0 Å². The van der Waals surface area contributed by atoms with E-state index in [9.17, 15) is 20.3 Å². The van der Waals surface area contributed by atoms with Gasteiger partial charge in [0.1, 0.15) is 17.7 Å². The van der Waals surface area contributed by atoms with Crippen molar-refractivity contribution in [2.75, 3.05) is 19.7 Å². The van der Waals surface area contributed by atoms with E-state index in [1.165, 1.54) is 19.3 Å². The lowest BCUT2D eigenvalue weighted by Crippen LogP contribution is -2.43. The highest BCUT2D eigenvalue weighted by Crippen LogP contribution is 2.50. The van der Waals surface area contributed by atoms with Crippen molar-refractivity contribution < 1.29 is 15.0 Å². The van der Waals surface area contributed by atoms with Gasteiger partial charge in [-0.3, -0.25) is 4.79 Å². The number of nitriles is 1. The van der Waals surface area contributed by atoms with Gasteiger partial charge >= 0.3 is 0 Å². The Morgan fingerprint density at radius 3 is 2.54 bits per heavy atom. The molecule has 1 spiro atoms. The molecule has 1 aromatic carbocycles. The molecule has 5 nitrogen and oxygen atoms in total. The van der Waals surface area contributed by atoms with Crippen molar-refractivity contribution in [2.45, 2.75) is 44.6 Å². The van der Waals surface area contributed by atoms with E-state index in [-0.39, 0.29) is 24.4 Å². The van der Waals surface area contributed by atoms with Gasteiger partial charge < -0.3 is 15.1 Å². The number of aliphatic hydroxyl groups excluding tert-OH is 2. The number of carbonyl (C=O) groups is 1. The number of benzene rings is 1. The number of ketones is 1. The number of allylic oxidation sites excluding steroid dienone is 1. The highest BCUT2D eigenvalue weighted by molar-refractivity contribution is 6.09. The predicted molar refractivity (Wildman–Crippen MR) is 96.8 cm³/mol. The van der Waals surface area contributed by atoms with Crippen LogP contribution >= 0.6 is 0 Å². The van der Waals surface area contributed by atoms with E-state index < -0.39 is 6.10 Å². The summed E-state index contributed by atoms with van der Waals surface area (Å²) in [6.45, 7) is 1.37. The molecule has 4 rings (SSSR count). The number of piperidine rings is 1. The molecular formula is C21H24N2O3. The Morgan fingerprint density at radius 1 is 1.23 bits per heavy atom. The Balaban J connectivity index is 1.73. The number of aliphatic hydroxyl groups is 2. The molecule has 1 heterocycles. The zero-order chi connectivity index (χ0) is 18.3. The molecule has 0 bridgehead atoms. The number of hydrogen-bond donors (Lipinski definition) is 2. The third-order valence-corrected chi connectivity index (χ3v) is 6.48. The lowest BCUT2D eigenvalue weighted by molar-refractivity contribution is -0.114. The molecule has 1 atom stereocenters. The molecule has 26 heavy (non-hydrogen) atoms. The van der Waals surface area contributed by atoms with Gasteiger partial charge in [-0.05, 0) is 48.3 Å². The summed E-state index contributed by atoms with van der Waals surface area (Å²) in [6.07, 6.45) is 5.39. The maximum Gasteiger partial charge on any atom is 0.179 e. The molecule has 1 saturated heterocycles. The number of nitrogens with zero attached hydrogens (tertiary/aromatic N) is 2. The minimum atomic E-state index is -0.954. The van der Waals surface area contributed by atoms with E-state index in [1.807, 2.05) is 12.1 Å². The van der Waals surface area contributed by atoms with Crippen molar-refractivity contribution >= 4 is 11.5 Å². The third kappa shape index (κ3) is 2.74. The van der Waals surface area contributed by atoms with Crippen LogP contribution in [0.3, 0.4) is 0 Å². The zero-order valence-electron chi connectivity index (χ0n) is 14.9. The van der Waals surface area contributed by atoms with Gasteiger partial charge in [0.25, 0.3) is 0 Å². The largest absolute Gasteiger partial charge is 0.393 e. The first kappa shape index (κ1) is 17.3. The molecule has 3 aliphatic rings. The molecule has 1 saturated carbocycles. The van der Waals surface area contributed by atoms with Gasteiger partial charge in [-0.1, -0.05) is 18.6 Å². The number of carbonyl (C=O) groups excluding carboxylic acids is 1. The van der Waals surface area contributed by atoms with Crippen LogP contribution in [-0.4, -0.2) is 40.6 Å². The van der Waals surface area contributed by atoms with Crippen LogP contribution in [0.1, 0.15) is 54.9 Å². The lowest BCUT2D eigenvalue weighted by Gasteiger charge is -2.49. The van der Waals surface area contributed by atoms with Crippen LogP contribution in [0.25, 0.3) is 5.70 Å². The first-order valence-electron chi connectivity index (χ1n) is 9.41. The quantitative estimate of drug-likeness (QED) is 0.872. The molecule has 2 fully saturated rings. The van der Waals surface area contributed by atoms with Crippen LogP contribution in [0, 0.1) is 16.7 Å². The molecule has 1 unspecified atom stereocenters. The summed E-state index contributed by atoms with van der Waals surface area (Å²) >= 11 is 0. The Hall–Kier alpha value is -2.16.